The highest BCUT2D eigenvalue weighted by atomic mass is 32.1. The lowest BCUT2D eigenvalue weighted by Crippen LogP contribution is -2.62. The molecule has 0 saturated carbocycles. The minimum atomic E-state index is -0.312. The normalized spacial score (nSPS) is 12.6. The molecule has 3 heterocycles. The number of anilines is 2. The first-order chi connectivity index (χ1) is 25.7. The van der Waals surface area contributed by atoms with Gasteiger partial charge in [0.1, 0.15) is 7.85 Å². The standard InChI is InChI=1S/C46H27B2N3S/c47-36-27-29-17-7-8-20-31(29)40-41-33-22-10-9-21-32(33)39-35-24-12-14-26-38(35)52-45(39)44(41)51(48(42(36)40)30-18-5-2-6-19-30)46-49-37-25-13-11-23-34(37)43(50-46)28-15-3-1-4-16-28/h1-27H. The van der Waals surface area contributed by atoms with Crippen LogP contribution in [0.15, 0.2) is 164 Å². The Kier molecular flexibility index (Phi) is 6.46. The quantitative estimate of drug-likeness (QED) is 0.175. The first-order valence-electron chi connectivity index (χ1n) is 17.6. The highest BCUT2D eigenvalue weighted by Gasteiger charge is 2.42. The van der Waals surface area contributed by atoms with Gasteiger partial charge in [-0.3, -0.25) is 0 Å². The number of aromatic nitrogens is 2. The van der Waals surface area contributed by atoms with Crippen LogP contribution in [0.4, 0.5) is 11.6 Å². The maximum Gasteiger partial charge on any atom is 0.331 e. The van der Waals surface area contributed by atoms with E-state index < -0.39 is 0 Å². The molecule has 0 fully saturated rings. The second kappa shape index (κ2) is 11.4. The SMILES string of the molecule is [B]c1cc2ccccc2c2c1B(c1ccccc1)N(c1nc(-c3ccccc3)c3ccccc3n1)c1c-2c2ccccc2c2c1sc1ccccc12. The van der Waals surface area contributed by atoms with E-state index in [9.17, 15) is 0 Å². The van der Waals surface area contributed by atoms with Crippen LogP contribution in [0.1, 0.15) is 0 Å². The molecule has 10 aromatic rings. The number of rotatable bonds is 3. The Labute approximate surface area is 306 Å². The van der Waals surface area contributed by atoms with Gasteiger partial charge in [0, 0.05) is 32.0 Å². The summed E-state index contributed by atoms with van der Waals surface area (Å²) >= 11 is 1.85. The molecule has 2 radical (unpaired) electrons. The molecule has 0 aliphatic carbocycles. The summed E-state index contributed by atoms with van der Waals surface area (Å²) in [6.45, 7) is -0.312. The van der Waals surface area contributed by atoms with Crippen molar-refractivity contribution >= 4 is 107 Å². The van der Waals surface area contributed by atoms with Crippen LogP contribution in [0.3, 0.4) is 0 Å². The number of hydrogen-bond donors (Lipinski definition) is 0. The summed E-state index contributed by atoms with van der Waals surface area (Å²) in [7, 11) is 7.30. The monoisotopic (exact) mass is 675 g/mol. The van der Waals surface area contributed by atoms with Crippen LogP contribution in [-0.2, 0) is 0 Å². The Bertz CT molecular complexity index is 3050. The van der Waals surface area contributed by atoms with E-state index in [0.29, 0.717) is 5.95 Å². The Hall–Kier alpha value is -6.23. The predicted molar refractivity (Wildman–Crippen MR) is 224 cm³/mol. The van der Waals surface area contributed by atoms with Gasteiger partial charge < -0.3 is 4.81 Å². The maximum atomic E-state index is 7.30. The molecule has 2 aromatic heterocycles. The van der Waals surface area contributed by atoms with Gasteiger partial charge in [-0.2, -0.15) is 0 Å². The van der Waals surface area contributed by atoms with Gasteiger partial charge in [-0.25, -0.2) is 9.97 Å². The van der Waals surface area contributed by atoms with E-state index in [1.807, 2.05) is 17.4 Å². The zero-order chi connectivity index (χ0) is 34.3. The molecule has 0 unspecified atom stereocenters. The fraction of sp³-hybridized carbons (Fsp3) is 0. The third-order valence-corrected chi connectivity index (χ3v) is 11.8. The summed E-state index contributed by atoms with van der Waals surface area (Å²) < 4.78 is 2.46. The van der Waals surface area contributed by atoms with Crippen LogP contribution in [-0.4, -0.2) is 24.7 Å². The fourth-order valence-electron chi connectivity index (χ4n) is 8.48. The molecule has 1 aliphatic heterocycles. The van der Waals surface area contributed by atoms with Gasteiger partial charge in [0.15, 0.2) is 0 Å². The van der Waals surface area contributed by atoms with Crippen LogP contribution in [0.5, 0.6) is 0 Å². The molecule has 11 rings (SSSR count). The molecule has 0 spiro atoms. The van der Waals surface area contributed by atoms with Crippen molar-refractivity contribution in [3.05, 3.63) is 164 Å². The number of fused-ring (bicyclic) bond motifs is 13. The van der Waals surface area contributed by atoms with Crippen molar-refractivity contribution in [2.45, 2.75) is 0 Å². The number of benzene rings is 8. The Morgan fingerprint density at radius 3 is 2.00 bits per heavy atom. The zero-order valence-corrected chi connectivity index (χ0v) is 28.8. The van der Waals surface area contributed by atoms with Gasteiger partial charge in [0.2, 0.25) is 5.95 Å². The Morgan fingerprint density at radius 2 is 1.19 bits per heavy atom. The van der Waals surface area contributed by atoms with E-state index in [4.69, 9.17) is 17.8 Å². The molecule has 0 atom stereocenters. The van der Waals surface area contributed by atoms with Crippen molar-refractivity contribution < 1.29 is 0 Å². The molecule has 0 N–H and O–H groups in total. The van der Waals surface area contributed by atoms with Crippen molar-refractivity contribution in [3.63, 3.8) is 0 Å². The van der Waals surface area contributed by atoms with Crippen LogP contribution >= 0.6 is 11.3 Å². The summed E-state index contributed by atoms with van der Waals surface area (Å²) in [6, 6.07) is 58.0. The van der Waals surface area contributed by atoms with Gasteiger partial charge in [0.25, 0.3) is 0 Å². The highest BCUT2D eigenvalue weighted by molar-refractivity contribution is 7.26. The maximum absolute atomic E-state index is 7.30. The van der Waals surface area contributed by atoms with E-state index in [0.717, 1.165) is 49.6 Å². The molecule has 238 valence electrons. The van der Waals surface area contributed by atoms with E-state index in [1.54, 1.807) is 0 Å². The summed E-state index contributed by atoms with van der Waals surface area (Å²) in [5, 5.41) is 8.25. The first-order valence-corrected chi connectivity index (χ1v) is 18.4. The Morgan fingerprint density at radius 1 is 0.558 bits per heavy atom. The molecule has 8 aromatic carbocycles. The molecular formula is C46H27B2N3S. The summed E-state index contributed by atoms with van der Waals surface area (Å²) in [6.07, 6.45) is 0. The van der Waals surface area contributed by atoms with Crippen LogP contribution in [0.25, 0.3) is 75.0 Å². The van der Waals surface area contributed by atoms with Gasteiger partial charge >= 0.3 is 6.85 Å². The van der Waals surface area contributed by atoms with Crippen LogP contribution in [0, 0.1) is 0 Å². The van der Waals surface area contributed by atoms with Crippen molar-refractivity contribution in [2.24, 2.45) is 0 Å². The lowest BCUT2D eigenvalue weighted by Gasteiger charge is -2.40. The first kappa shape index (κ1) is 29.5. The van der Waals surface area contributed by atoms with Crippen LogP contribution < -0.4 is 21.2 Å². The van der Waals surface area contributed by atoms with Crippen molar-refractivity contribution in [2.75, 3.05) is 4.81 Å². The van der Waals surface area contributed by atoms with Crippen molar-refractivity contribution in [3.8, 4) is 22.4 Å². The molecular weight excluding hydrogens is 648 g/mol. The smallest absolute Gasteiger partial charge is 0.331 e. The summed E-state index contributed by atoms with van der Waals surface area (Å²) in [5.74, 6) is 0.639. The number of para-hydroxylation sites is 1. The van der Waals surface area contributed by atoms with Crippen molar-refractivity contribution in [1.29, 1.82) is 0 Å². The van der Waals surface area contributed by atoms with Gasteiger partial charge in [-0.1, -0.05) is 163 Å². The fourth-order valence-corrected chi connectivity index (χ4v) is 9.75. The number of hydrogen-bond acceptors (Lipinski definition) is 4. The molecule has 52 heavy (non-hydrogen) atoms. The topological polar surface area (TPSA) is 29.0 Å². The summed E-state index contributed by atoms with van der Waals surface area (Å²) in [5.41, 5.74) is 9.24. The van der Waals surface area contributed by atoms with Gasteiger partial charge in [0.05, 0.1) is 21.6 Å². The van der Waals surface area contributed by atoms with Gasteiger partial charge in [-0.15, -0.1) is 11.3 Å². The third-order valence-electron chi connectivity index (χ3n) is 10.6. The van der Waals surface area contributed by atoms with Crippen LogP contribution in [0.2, 0.25) is 0 Å². The highest BCUT2D eigenvalue weighted by Crippen LogP contribution is 2.53. The van der Waals surface area contributed by atoms with E-state index in [2.05, 4.69) is 163 Å². The molecule has 0 bridgehead atoms. The second-order valence-corrected chi connectivity index (χ2v) is 14.5. The number of nitrogens with zero attached hydrogens (tertiary/aromatic N) is 3. The molecule has 3 nitrogen and oxygen atoms in total. The minimum absolute atomic E-state index is 0.312. The van der Waals surface area contributed by atoms with E-state index in [-0.39, 0.29) is 6.85 Å². The molecule has 1 aliphatic rings. The minimum Gasteiger partial charge on any atom is -0.344 e. The zero-order valence-electron chi connectivity index (χ0n) is 28.0. The summed E-state index contributed by atoms with van der Waals surface area (Å²) in [4.78, 5) is 13.4. The van der Waals surface area contributed by atoms with E-state index in [1.165, 1.54) is 47.5 Å². The molecule has 0 saturated heterocycles. The van der Waals surface area contributed by atoms with Gasteiger partial charge in [-0.05, 0) is 44.7 Å². The average Bonchev–Trinajstić information content (AvgIpc) is 3.60. The lowest BCUT2D eigenvalue weighted by atomic mass is 9.43. The second-order valence-electron chi connectivity index (χ2n) is 13.5. The molecule has 0 amide bonds. The average molecular weight is 675 g/mol. The van der Waals surface area contributed by atoms with Crippen molar-refractivity contribution in [1.82, 2.24) is 9.97 Å². The number of thiophene rings is 1. The van der Waals surface area contributed by atoms with E-state index >= 15 is 0 Å². The largest absolute Gasteiger partial charge is 0.344 e. The Balaban J connectivity index is 1.39. The predicted octanol–water partition coefficient (Wildman–Crippen LogP) is 9.69. The third kappa shape index (κ3) is 4.22. The lowest BCUT2D eigenvalue weighted by molar-refractivity contribution is 1.16. The molecule has 6 heteroatoms.